The Morgan fingerprint density at radius 3 is 2.50 bits per heavy atom. The van der Waals surface area contributed by atoms with Crippen molar-refractivity contribution in [3.63, 3.8) is 0 Å². The molecule has 0 aliphatic carbocycles. The Morgan fingerprint density at radius 1 is 1.25 bits per heavy atom. The van der Waals surface area contributed by atoms with Gasteiger partial charge in [-0.15, -0.1) is 0 Å². The highest BCUT2D eigenvalue weighted by molar-refractivity contribution is 7.98. The summed E-state index contributed by atoms with van der Waals surface area (Å²) in [6, 6.07) is -0.544. The van der Waals surface area contributed by atoms with E-state index in [1.165, 1.54) is 0 Å². The number of nitrogens with one attached hydrogen (secondary N) is 2. The van der Waals surface area contributed by atoms with E-state index in [-0.39, 0.29) is 30.7 Å². The van der Waals surface area contributed by atoms with Crippen LogP contribution in [0.1, 0.15) is 33.1 Å². The van der Waals surface area contributed by atoms with Gasteiger partial charge in [-0.25, -0.2) is 0 Å². The van der Waals surface area contributed by atoms with Crippen LogP contribution in [0.2, 0.25) is 0 Å². The van der Waals surface area contributed by atoms with Gasteiger partial charge in [-0.2, -0.15) is 11.8 Å². The molecule has 0 aromatic heterocycles. The summed E-state index contributed by atoms with van der Waals surface area (Å²) in [5, 5.41) is 5.33. The second-order valence-corrected chi connectivity index (χ2v) is 5.09. The Bertz CT molecular complexity index is 323. The molecule has 0 aromatic carbocycles. The zero-order valence-electron chi connectivity index (χ0n) is 12.4. The number of hydrogen-bond acceptors (Lipinski definition) is 5. The highest BCUT2D eigenvalue weighted by atomic mass is 32.2. The van der Waals surface area contributed by atoms with Gasteiger partial charge >= 0.3 is 5.97 Å². The van der Waals surface area contributed by atoms with Gasteiger partial charge < -0.3 is 15.4 Å². The van der Waals surface area contributed by atoms with E-state index in [1.54, 1.807) is 25.6 Å². The molecule has 0 unspecified atom stereocenters. The topological polar surface area (TPSA) is 84.5 Å². The summed E-state index contributed by atoms with van der Waals surface area (Å²) >= 11 is 1.61. The predicted octanol–water partition coefficient (Wildman–Crippen LogP) is 0.704. The molecule has 20 heavy (non-hydrogen) atoms. The molecule has 6 nitrogen and oxygen atoms in total. The average molecular weight is 304 g/mol. The molecule has 0 radical (unpaired) electrons. The maximum atomic E-state index is 12.0. The summed E-state index contributed by atoms with van der Waals surface area (Å²) in [6.45, 7) is 4.01. The minimum Gasteiger partial charge on any atom is -0.466 e. The third kappa shape index (κ3) is 8.79. The molecule has 0 saturated heterocycles. The molecule has 0 saturated carbocycles. The molecule has 0 heterocycles. The molecule has 0 fully saturated rings. The molecular formula is C13H24N2O4S. The second kappa shape index (κ2) is 11.6. The maximum Gasteiger partial charge on any atom is 0.307 e. The first-order valence-electron chi connectivity index (χ1n) is 6.76. The van der Waals surface area contributed by atoms with Crippen molar-refractivity contribution in [3.05, 3.63) is 0 Å². The van der Waals surface area contributed by atoms with Gasteiger partial charge in [0.05, 0.1) is 13.0 Å². The predicted molar refractivity (Wildman–Crippen MR) is 79.5 cm³/mol. The van der Waals surface area contributed by atoms with E-state index in [9.17, 15) is 14.4 Å². The van der Waals surface area contributed by atoms with Gasteiger partial charge in [0, 0.05) is 13.0 Å². The van der Waals surface area contributed by atoms with E-state index in [1.807, 2.05) is 6.26 Å². The van der Waals surface area contributed by atoms with Crippen LogP contribution >= 0.6 is 11.8 Å². The minimum atomic E-state index is -0.544. The van der Waals surface area contributed by atoms with Crippen molar-refractivity contribution in [1.82, 2.24) is 10.6 Å². The summed E-state index contributed by atoms with van der Waals surface area (Å²) in [7, 11) is 0. The Labute approximate surface area is 124 Å². The number of amides is 2. The highest BCUT2D eigenvalue weighted by Gasteiger charge is 2.19. The smallest absolute Gasteiger partial charge is 0.307 e. The van der Waals surface area contributed by atoms with Gasteiger partial charge in [0.25, 0.3) is 0 Å². The van der Waals surface area contributed by atoms with Crippen molar-refractivity contribution in [2.75, 3.05) is 25.2 Å². The fourth-order valence-electron chi connectivity index (χ4n) is 1.45. The monoisotopic (exact) mass is 304 g/mol. The lowest BCUT2D eigenvalue weighted by molar-refractivity contribution is -0.143. The fourth-order valence-corrected chi connectivity index (χ4v) is 1.92. The zero-order chi connectivity index (χ0) is 15.4. The lowest BCUT2D eigenvalue weighted by Crippen LogP contribution is -2.47. The van der Waals surface area contributed by atoms with Crippen molar-refractivity contribution >= 4 is 29.5 Å². The van der Waals surface area contributed by atoms with Crippen LogP contribution in [0, 0.1) is 0 Å². The van der Waals surface area contributed by atoms with Gasteiger partial charge in [-0.1, -0.05) is 6.92 Å². The quantitative estimate of drug-likeness (QED) is 0.581. The fraction of sp³-hybridized carbons (Fsp3) is 0.769. The molecule has 0 aliphatic heterocycles. The Hall–Kier alpha value is -1.24. The largest absolute Gasteiger partial charge is 0.466 e. The van der Waals surface area contributed by atoms with Crippen LogP contribution in [-0.2, 0) is 19.1 Å². The lowest BCUT2D eigenvalue weighted by Gasteiger charge is -2.17. The molecule has 7 heteroatoms. The maximum absolute atomic E-state index is 12.0. The highest BCUT2D eigenvalue weighted by Crippen LogP contribution is 2.01. The number of rotatable bonds is 10. The van der Waals surface area contributed by atoms with Crippen molar-refractivity contribution in [2.45, 2.75) is 39.2 Å². The van der Waals surface area contributed by atoms with E-state index < -0.39 is 6.04 Å². The van der Waals surface area contributed by atoms with Crippen molar-refractivity contribution < 1.29 is 19.1 Å². The first kappa shape index (κ1) is 18.8. The molecule has 0 rings (SSSR count). The molecule has 0 spiro atoms. The third-order valence-corrected chi connectivity index (χ3v) is 3.16. The van der Waals surface area contributed by atoms with Crippen LogP contribution in [-0.4, -0.2) is 49.0 Å². The van der Waals surface area contributed by atoms with Crippen molar-refractivity contribution in [1.29, 1.82) is 0 Å². The van der Waals surface area contributed by atoms with Crippen LogP contribution in [0.15, 0.2) is 0 Å². The summed E-state index contributed by atoms with van der Waals surface area (Å²) in [5.74, 6) is 0.0211. The Kier molecular flexibility index (Phi) is 10.9. The van der Waals surface area contributed by atoms with Crippen LogP contribution in [0.3, 0.4) is 0 Å². The normalized spacial score (nSPS) is 11.6. The van der Waals surface area contributed by atoms with Gasteiger partial charge in [-0.05, 0) is 25.4 Å². The number of thioether (sulfide) groups is 1. The molecule has 0 aliphatic rings. The number of ether oxygens (including phenoxy) is 1. The van der Waals surface area contributed by atoms with E-state index in [0.717, 1.165) is 5.75 Å². The zero-order valence-corrected chi connectivity index (χ0v) is 13.2. The number of carbonyl (C=O) groups excluding carboxylic acids is 3. The standard InChI is InChI=1S/C13H24N2O4S/c1-4-11(16)15-10(7-9-20-3)13(18)14-8-6-12(17)19-5-2/h10H,4-9H2,1-3H3,(H,14,18)(H,15,16)/t10-/m1/s1. The molecule has 0 bridgehead atoms. The van der Waals surface area contributed by atoms with Crippen LogP contribution in [0.4, 0.5) is 0 Å². The summed E-state index contributed by atoms with van der Waals surface area (Å²) in [4.78, 5) is 34.5. The van der Waals surface area contributed by atoms with Crippen LogP contribution in [0.25, 0.3) is 0 Å². The molecule has 2 N–H and O–H groups in total. The molecule has 0 aromatic rings. The first-order chi connectivity index (χ1) is 9.54. The average Bonchev–Trinajstić information content (AvgIpc) is 2.43. The van der Waals surface area contributed by atoms with Gasteiger partial charge in [-0.3, -0.25) is 14.4 Å². The summed E-state index contributed by atoms with van der Waals surface area (Å²) in [6.07, 6.45) is 2.98. The number of esters is 1. The van der Waals surface area contributed by atoms with Gasteiger partial charge in [0.15, 0.2) is 0 Å². The van der Waals surface area contributed by atoms with Gasteiger partial charge in [0.2, 0.25) is 11.8 Å². The van der Waals surface area contributed by atoms with E-state index in [2.05, 4.69) is 10.6 Å². The number of hydrogen-bond donors (Lipinski definition) is 2. The molecule has 116 valence electrons. The first-order valence-corrected chi connectivity index (χ1v) is 8.16. The van der Waals surface area contributed by atoms with Gasteiger partial charge in [0.1, 0.15) is 6.04 Å². The van der Waals surface area contributed by atoms with Crippen molar-refractivity contribution in [3.8, 4) is 0 Å². The van der Waals surface area contributed by atoms with E-state index in [0.29, 0.717) is 19.4 Å². The molecule has 2 amide bonds. The summed E-state index contributed by atoms with van der Waals surface area (Å²) < 4.78 is 4.77. The van der Waals surface area contributed by atoms with Crippen LogP contribution in [0.5, 0.6) is 0 Å². The minimum absolute atomic E-state index is 0.135. The summed E-state index contributed by atoms with van der Waals surface area (Å²) in [5.41, 5.74) is 0. The van der Waals surface area contributed by atoms with Crippen LogP contribution < -0.4 is 10.6 Å². The van der Waals surface area contributed by atoms with E-state index in [4.69, 9.17) is 4.74 Å². The molecule has 1 atom stereocenters. The SMILES string of the molecule is CCOC(=O)CCNC(=O)[C@@H](CCSC)NC(=O)CC. The lowest BCUT2D eigenvalue weighted by atomic mass is 10.2. The van der Waals surface area contributed by atoms with E-state index >= 15 is 0 Å². The number of carbonyl (C=O) groups is 3. The molecular weight excluding hydrogens is 280 g/mol. The third-order valence-electron chi connectivity index (χ3n) is 2.52. The Balaban J connectivity index is 4.18. The second-order valence-electron chi connectivity index (χ2n) is 4.10. The Morgan fingerprint density at radius 2 is 1.95 bits per heavy atom. The van der Waals surface area contributed by atoms with Crippen molar-refractivity contribution in [2.24, 2.45) is 0 Å².